The van der Waals surface area contributed by atoms with Gasteiger partial charge >= 0.3 is 0 Å². The minimum atomic E-state index is -0.351. The van der Waals surface area contributed by atoms with Crippen molar-refractivity contribution in [1.82, 2.24) is 13.6 Å². The number of hydrogen-bond donors (Lipinski definition) is 1. The molecule has 2 rings (SSSR count). The Bertz CT molecular complexity index is 339. The van der Waals surface area contributed by atoms with Gasteiger partial charge in [-0.2, -0.15) is 8.75 Å². The Kier molecular flexibility index (Phi) is 2.97. The molecule has 1 aromatic heterocycles. The minimum Gasteiger partial charge on any atom is -0.393 e. The van der Waals surface area contributed by atoms with Crippen molar-refractivity contribution in [3.63, 3.8) is 0 Å². The molecule has 2 unspecified atom stereocenters. The van der Waals surface area contributed by atoms with Crippen LogP contribution >= 0.6 is 11.7 Å². The molecule has 1 N–H and O–H groups in total. The van der Waals surface area contributed by atoms with E-state index in [1.165, 1.54) is 6.20 Å². The van der Waals surface area contributed by atoms with E-state index < -0.39 is 0 Å². The van der Waals surface area contributed by atoms with Crippen LogP contribution in [-0.4, -0.2) is 43.9 Å². The molecule has 0 aliphatic carbocycles. The molecule has 0 bridgehead atoms. The predicted molar refractivity (Wildman–Crippen MR) is 55.6 cm³/mol. The molecule has 1 aromatic rings. The smallest absolute Gasteiger partial charge is 0.275 e. The summed E-state index contributed by atoms with van der Waals surface area (Å²) in [5.41, 5.74) is 0.409. The van der Waals surface area contributed by atoms with E-state index in [1.54, 1.807) is 11.8 Å². The van der Waals surface area contributed by atoms with Crippen molar-refractivity contribution in [3.05, 3.63) is 11.9 Å². The fourth-order valence-electron chi connectivity index (χ4n) is 1.79. The topological polar surface area (TPSA) is 66.3 Å². The van der Waals surface area contributed by atoms with Crippen molar-refractivity contribution in [2.24, 2.45) is 5.92 Å². The Morgan fingerprint density at radius 3 is 3.13 bits per heavy atom. The number of carbonyl (C=O) groups excluding carboxylic acids is 1. The lowest BCUT2D eigenvalue weighted by atomic mass is 10.0. The molecule has 82 valence electrons. The molecule has 1 aliphatic heterocycles. The molecule has 0 saturated carbocycles. The van der Waals surface area contributed by atoms with E-state index in [4.69, 9.17) is 0 Å². The lowest BCUT2D eigenvalue weighted by Crippen LogP contribution is -2.30. The maximum Gasteiger partial charge on any atom is 0.275 e. The summed E-state index contributed by atoms with van der Waals surface area (Å²) in [7, 11) is 0. The fourth-order valence-corrected chi connectivity index (χ4v) is 2.19. The summed E-state index contributed by atoms with van der Waals surface area (Å²) in [6.45, 7) is 3.09. The van der Waals surface area contributed by atoms with Gasteiger partial charge in [-0.05, 0) is 13.3 Å². The Balaban J connectivity index is 1.99. The number of hydrogen-bond acceptors (Lipinski definition) is 5. The normalized spacial score (nSPS) is 23.1. The van der Waals surface area contributed by atoms with E-state index in [9.17, 15) is 9.90 Å². The summed E-state index contributed by atoms with van der Waals surface area (Å²) < 4.78 is 7.71. The van der Waals surface area contributed by atoms with Crippen LogP contribution in [0.25, 0.3) is 0 Å². The summed E-state index contributed by atoms with van der Waals surface area (Å²) in [6.07, 6.45) is 2.00. The number of aromatic nitrogens is 2. The van der Waals surface area contributed by atoms with Crippen LogP contribution in [0.1, 0.15) is 23.8 Å². The summed E-state index contributed by atoms with van der Waals surface area (Å²) in [6, 6.07) is 0. The molecule has 2 atom stereocenters. The molecule has 5 nitrogen and oxygen atoms in total. The van der Waals surface area contributed by atoms with E-state index >= 15 is 0 Å². The molecule has 2 heterocycles. The third-order valence-corrected chi connectivity index (χ3v) is 3.25. The van der Waals surface area contributed by atoms with Crippen molar-refractivity contribution in [2.45, 2.75) is 19.4 Å². The lowest BCUT2D eigenvalue weighted by molar-refractivity contribution is 0.0758. The highest BCUT2D eigenvalue weighted by atomic mass is 32.1. The van der Waals surface area contributed by atoms with Crippen molar-refractivity contribution < 1.29 is 9.90 Å². The average molecular weight is 227 g/mol. The molecule has 0 aromatic carbocycles. The number of likely N-dealkylation sites (tertiary alicyclic amines) is 1. The first-order valence-corrected chi connectivity index (χ1v) is 5.66. The van der Waals surface area contributed by atoms with E-state index in [0.29, 0.717) is 18.8 Å². The van der Waals surface area contributed by atoms with Crippen molar-refractivity contribution >= 4 is 17.6 Å². The number of nitrogens with zero attached hydrogens (tertiary/aromatic N) is 3. The summed E-state index contributed by atoms with van der Waals surface area (Å²) in [4.78, 5) is 13.6. The second-order valence-electron chi connectivity index (χ2n) is 3.83. The van der Waals surface area contributed by atoms with Gasteiger partial charge in [0.1, 0.15) is 0 Å². The van der Waals surface area contributed by atoms with Crippen LogP contribution in [0.3, 0.4) is 0 Å². The van der Waals surface area contributed by atoms with Crippen LogP contribution in [0.15, 0.2) is 6.20 Å². The highest BCUT2D eigenvalue weighted by Gasteiger charge is 2.30. The molecular formula is C9H13N3O2S. The zero-order valence-electron chi connectivity index (χ0n) is 8.46. The van der Waals surface area contributed by atoms with Gasteiger partial charge in [0.2, 0.25) is 0 Å². The lowest BCUT2D eigenvalue weighted by Gasteiger charge is -2.16. The molecule has 1 aliphatic rings. The van der Waals surface area contributed by atoms with Crippen LogP contribution < -0.4 is 0 Å². The highest BCUT2D eigenvalue weighted by molar-refractivity contribution is 6.99. The Hall–Kier alpha value is -1.01. The Labute approximate surface area is 92.1 Å². The van der Waals surface area contributed by atoms with Gasteiger partial charge in [-0.25, -0.2) is 0 Å². The van der Waals surface area contributed by atoms with Crippen LogP contribution in [0.2, 0.25) is 0 Å². The zero-order valence-corrected chi connectivity index (χ0v) is 9.28. The predicted octanol–water partition coefficient (Wildman–Crippen LogP) is 0.381. The van der Waals surface area contributed by atoms with Crippen molar-refractivity contribution in [2.75, 3.05) is 13.1 Å². The van der Waals surface area contributed by atoms with E-state index in [1.807, 2.05) is 0 Å². The molecule has 0 spiro atoms. The molecular weight excluding hydrogens is 214 g/mol. The van der Waals surface area contributed by atoms with Crippen molar-refractivity contribution in [1.29, 1.82) is 0 Å². The SMILES string of the molecule is CC(O)C1CCN(C(=O)c2cnsn2)C1. The summed E-state index contributed by atoms with van der Waals surface area (Å²) >= 11 is 1.04. The van der Waals surface area contributed by atoms with Gasteiger partial charge in [-0.3, -0.25) is 4.79 Å². The maximum atomic E-state index is 11.8. The first-order valence-electron chi connectivity index (χ1n) is 4.93. The first kappa shape index (κ1) is 10.5. The molecule has 15 heavy (non-hydrogen) atoms. The van der Waals surface area contributed by atoms with Gasteiger partial charge in [-0.15, -0.1) is 0 Å². The van der Waals surface area contributed by atoms with Crippen LogP contribution in [0.4, 0.5) is 0 Å². The van der Waals surface area contributed by atoms with Gasteiger partial charge < -0.3 is 10.0 Å². The van der Waals surface area contributed by atoms with Gasteiger partial charge in [0.15, 0.2) is 5.69 Å². The number of carbonyl (C=O) groups is 1. The third kappa shape index (κ3) is 2.15. The number of rotatable bonds is 2. The highest BCUT2D eigenvalue weighted by Crippen LogP contribution is 2.20. The number of aliphatic hydroxyl groups excluding tert-OH is 1. The Morgan fingerprint density at radius 1 is 1.80 bits per heavy atom. The van der Waals surface area contributed by atoms with E-state index in [2.05, 4.69) is 8.75 Å². The standard InChI is InChI=1S/C9H13N3O2S/c1-6(13)7-2-3-12(5-7)9(14)8-4-10-15-11-8/h4,6-7,13H,2-3,5H2,1H3. The maximum absolute atomic E-state index is 11.8. The third-order valence-electron chi connectivity index (χ3n) is 2.77. The Morgan fingerprint density at radius 2 is 2.60 bits per heavy atom. The van der Waals surface area contributed by atoms with Crippen molar-refractivity contribution in [3.8, 4) is 0 Å². The molecule has 0 radical (unpaired) electrons. The van der Waals surface area contributed by atoms with Crippen LogP contribution in [0, 0.1) is 5.92 Å². The number of amides is 1. The van der Waals surface area contributed by atoms with E-state index in [-0.39, 0.29) is 17.9 Å². The molecule has 6 heteroatoms. The molecule has 1 fully saturated rings. The van der Waals surface area contributed by atoms with Gasteiger partial charge in [0, 0.05) is 19.0 Å². The first-order chi connectivity index (χ1) is 7.18. The van der Waals surface area contributed by atoms with E-state index in [0.717, 1.165) is 18.1 Å². The molecule has 1 saturated heterocycles. The zero-order chi connectivity index (χ0) is 10.8. The van der Waals surface area contributed by atoms with Crippen LogP contribution in [0.5, 0.6) is 0 Å². The summed E-state index contributed by atoms with van der Waals surface area (Å²) in [5.74, 6) is 0.118. The van der Waals surface area contributed by atoms with Gasteiger partial charge in [-0.1, -0.05) is 0 Å². The fraction of sp³-hybridized carbons (Fsp3) is 0.667. The summed E-state index contributed by atoms with van der Waals surface area (Å²) in [5, 5.41) is 9.42. The largest absolute Gasteiger partial charge is 0.393 e. The number of aliphatic hydroxyl groups is 1. The van der Waals surface area contributed by atoms with Gasteiger partial charge in [0.05, 0.1) is 24.0 Å². The second-order valence-corrected chi connectivity index (χ2v) is 4.39. The average Bonchev–Trinajstić information content (AvgIpc) is 2.88. The van der Waals surface area contributed by atoms with Gasteiger partial charge in [0.25, 0.3) is 5.91 Å². The van der Waals surface area contributed by atoms with Crippen LogP contribution in [-0.2, 0) is 0 Å². The quantitative estimate of drug-likeness (QED) is 0.793. The monoisotopic (exact) mass is 227 g/mol. The minimum absolute atomic E-state index is 0.0769. The molecule has 1 amide bonds. The second kappa shape index (κ2) is 4.24.